The molecule has 0 atom stereocenters. The molecule has 0 saturated carbocycles. The lowest BCUT2D eigenvalue weighted by Crippen LogP contribution is -2.41. The number of para-hydroxylation sites is 1. The molecular formula is C27H25F2N5O2. The van der Waals surface area contributed by atoms with Crippen LogP contribution < -0.4 is 10.6 Å². The fraction of sp³-hybridized carbons (Fsp3) is 0.148. The van der Waals surface area contributed by atoms with E-state index in [0.29, 0.717) is 17.9 Å². The fourth-order valence-electron chi connectivity index (χ4n) is 3.64. The molecule has 0 unspecified atom stereocenters. The van der Waals surface area contributed by atoms with E-state index >= 15 is 0 Å². The summed E-state index contributed by atoms with van der Waals surface area (Å²) in [6.07, 6.45) is 0.596. The number of nitrogens with one attached hydrogen (secondary N) is 2. The first-order valence-corrected chi connectivity index (χ1v) is 11.5. The highest BCUT2D eigenvalue weighted by atomic mass is 19.2. The average Bonchev–Trinajstić information content (AvgIpc) is 3.30. The summed E-state index contributed by atoms with van der Waals surface area (Å²) < 4.78 is 28.4. The van der Waals surface area contributed by atoms with E-state index in [1.54, 1.807) is 10.7 Å². The van der Waals surface area contributed by atoms with E-state index in [4.69, 9.17) is 0 Å². The van der Waals surface area contributed by atoms with E-state index in [0.717, 1.165) is 23.4 Å². The molecule has 0 radical (unpaired) electrons. The number of amides is 3. The van der Waals surface area contributed by atoms with Gasteiger partial charge in [0, 0.05) is 29.9 Å². The minimum atomic E-state index is -1.07. The Morgan fingerprint density at radius 3 is 2.25 bits per heavy atom. The fourth-order valence-corrected chi connectivity index (χ4v) is 3.64. The number of hydrogen-bond donors (Lipinski definition) is 2. The predicted molar refractivity (Wildman–Crippen MR) is 135 cm³/mol. The van der Waals surface area contributed by atoms with E-state index in [2.05, 4.69) is 15.7 Å². The van der Waals surface area contributed by atoms with Gasteiger partial charge in [0.25, 0.3) is 0 Å². The van der Waals surface area contributed by atoms with Gasteiger partial charge in [-0.2, -0.15) is 5.10 Å². The van der Waals surface area contributed by atoms with Gasteiger partial charge < -0.3 is 15.5 Å². The molecule has 1 aromatic heterocycles. The summed E-state index contributed by atoms with van der Waals surface area (Å²) >= 11 is 0. The van der Waals surface area contributed by atoms with Gasteiger partial charge in [-0.1, -0.05) is 55.5 Å². The highest BCUT2D eigenvalue weighted by Crippen LogP contribution is 2.24. The van der Waals surface area contributed by atoms with Crippen LogP contribution in [0.3, 0.4) is 0 Å². The lowest BCUT2D eigenvalue weighted by atomic mass is 10.1. The van der Waals surface area contributed by atoms with Crippen molar-refractivity contribution in [2.45, 2.75) is 13.3 Å². The maximum atomic E-state index is 13.5. The monoisotopic (exact) mass is 489 g/mol. The van der Waals surface area contributed by atoms with E-state index in [-0.39, 0.29) is 18.8 Å². The van der Waals surface area contributed by atoms with Crippen molar-refractivity contribution in [2.75, 3.05) is 23.7 Å². The molecule has 1 heterocycles. The van der Waals surface area contributed by atoms with Gasteiger partial charge in [0.2, 0.25) is 5.91 Å². The SMILES string of the molecule is CCCN(CC(=O)Nc1cc(-c2ccccc2)nn1-c1ccccc1)C(=O)Nc1ccc(F)c(F)c1. The summed E-state index contributed by atoms with van der Waals surface area (Å²) in [7, 11) is 0. The minimum absolute atomic E-state index is 0.0927. The molecule has 0 aliphatic carbocycles. The van der Waals surface area contributed by atoms with E-state index in [1.165, 1.54) is 11.0 Å². The van der Waals surface area contributed by atoms with Crippen molar-refractivity contribution in [3.8, 4) is 16.9 Å². The van der Waals surface area contributed by atoms with Gasteiger partial charge in [0.15, 0.2) is 11.6 Å². The number of aromatic nitrogens is 2. The standard InChI is InChI=1S/C27H25F2N5O2/c1-2-15-33(27(36)30-20-13-14-22(28)23(29)16-20)18-26(35)31-25-17-24(19-9-5-3-6-10-19)32-34(25)21-11-7-4-8-12-21/h3-14,16-17H,2,15,18H2,1H3,(H,30,36)(H,31,35). The van der Waals surface area contributed by atoms with E-state index in [1.807, 2.05) is 67.6 Å². The highest BCUT2D eigenvalue weighted by molar-refractivity contribution is 5.97. The maximum absolute atomic E-state index is 13.5. The Labute approximate surface area is 207 Å². The first-order valence-electron chi connectivity index (χ1n) is 11.5. The number of urea groups is 1. The largest absolute Gasteiger partial charge is 0.322 e. The third-order valence-electron chi connectivity index (χ3n) is 5.33. The summed E-state index contributed by atoms with van der Waals surface area (Å²) in [4.78, 5) is 27.1. The summed E-state index contributed by atoms with van der Waals surface area (Å²) in [5.74, 6) is -2.07. The summed E-state index contributed by atoms with van der Waals surface area (Å²) in [5.41, 5.74) is 2.42. The Hall–Kier alpha value is -4.53. The zero-order chi connectivity index (χ0) is 25.5. The van der Waals surface area contributed by atoms with Crippen molar-refractivity contribution in [1.82, 2.24) is 14.7 Å². The van der Waals surface area contributed by atoms with Gasteiger partial charge in [-0.15, -0.1) is 0 Å². The second-order valence-corrected chi connectivity index (χ2v) is 8.06. The molecule has 9 heteroatoms. The van der Waals surface area contributed by atoms with Crippen LogP contribution in [0, 0.1) is 11.6 Å². The quantitative estimate of drug-likeness (QED) is 0.333. The van der Waals surface area contributed by atoms with Gasteiger partial charge in [0.1, 0.15) is 12.4 Å². The molecule has 184 valence electrons. The molecule has 0 fully saturated rings. The van der Waals surface area contributed by atoms with Crippen molar-refractivity contribution in [1.29, 1.82) is 0 Å². The molecule has 4 rings (SSSR count). The van der Waals surface area contributed by atoms with Gasteiger partial charge in [-0.05, 0) is 30.7 Å². The first kappa shape index (κ1) is 24.6. The van der Waals surface area contributed by atoms with Crippen LogP contribution in [0.15, 0.2) is 84.9 Å². The molecule has 3 aromatic carbocycles. The minimum Gasteiger partial charge on any atom is -0.315 e. The van der Waals surface area contributed by atoms with Crippen LogP contribution >= 0.6 is 0 Å². The molecule has 4 aromatic rings. The normalized spacial score (nSPS) is 10.6. The Morgan fingerprint density at radius 2 is 1.58 bits per heavy atom. The molecule has 0 aliphatic heterocycles. The Bertz CT molecular complexity index is 1340. The molecule has 7 nitrogen and oxygen atoms in total. The van der Waals surface area contributed by atoms with Gasteiger partial charge in [-0.3, -0.25) is 4.79 Å². The first-order chi connectivity index (χ1) is 17.4. The molecule has 0 spiro atoms. The van der Waals surface area contributed by atoms with Crippen LogP contribution in [-0.2, 0) is 4.79 Å². The Morgan fingerprint density at radius 1 is 0.889 bits per heavy atom. The van der Waals surface area contributed by atoms with Crippen LogP contribution in [-0.4, -0.2) is 39.7 Å². The molecule has 2 N–H and O–H groups in total. The number of nitrogens with zero attached hydrogens (tertiary/aromatic N) is 3. The summed E-state index contributed by atoms with van der Waals surface area (Å²) in [5, 5.41) is 10.0. The van der Waals surface area contributed by atoms with Crippen molar-refractivity contribution < 1.29 is 18.4 Å². The van der Waals surface area contributed by atoms with Crippen LogP contribution in [0.2, 0.25) is 0 Å². The lowest BCUT2D eigenvalue weighted by molar-refractivity contribution is -0.116. The lowest BCUT2D eigenvalue weighted by Gasteiger charge is -2.22. The molecule has 36 heavy (non-hydrogen) atoms. The van der Waals surface area contributed by atoms with Crippen LogP contribution in [0.1, 0.15) is 13.3 Å². The zero-order valence-corrected chi connectivity index (χ0v) is 19.6. The van der Waals surface area contributed by atoms with Crippen molar-refractivity contribution >= 4 is 23.4 Å². The topological polar surface area (TPSA) is 79.3 Å². The highest BCUT2D eigenvalue weighted by Gasteiger charge is 2.20. The summed E-state index contributed by atoms with van der Waals surface area (Å²) in [6, 6.07) is 23.2. The second-order valence-electron chi connectivity index (χ2n) is 8.06. The van der Waals surface area contributed by atoms with Crippen LogP contribution in [0.4, 0.5) is 25.1 Å². The smallest absolute Gasteiger partial charge is 0.315 e. The summed E-state index contributed by atoms with van der Waals surface area (Å²) in [6.45, 7) is 1.91. The maximum Gasteiger partial charge on any atom is 0.322 e. The number of benzene rings is 3. The van der Waals surface area contributed by atoms with Crippen LogP contribution in [0.25, 0.3) is 16.9 Å². The molecular weight excluding hydrogens is 464 g/mol. The van der Waals surface area contributed by atoms with Crippen molar-refractivity contribution in [3.05, 3.63) is 96.6 Å². The second kappa shape index (κ2) is 11.3. The van der Waals surface area contributed by atoms with Gasteiger partial charge >= 0.3 is 6.03 Å². The van der Waals surface area contributed by atoms with Crippen LogP contribution in [0.5, 0.6) is 0 Å². The molecule has 0 aliphatic rings. The third kappa shape index (κ3) is 5.93. The molecule has 3 amide bonds. The number of carbonyl (C=O) groups excluding carboxylic acids is 2. The number of anilines is 2. The average molecular weight is 490 g/mol. The molecule has 0 saturated heterocycles. The predicted octanol–water partition coefficient (Wildman–Crippen LogP) is 5.70. The number of carbonyl (C=O) groups is 2. The number of hydrogen-bond acceptors (Lipinski definition) is 3. The van der Waals surface area contributed by atoms with E-state index in [9.17, 15) is 18.4 Å². The number of halogens is 2. The van der Waals surface area contributed by atoms with Gasteiger partial charge in [-0.25, -0.2) is 18.3 Å². The van der Waals surface area contributed by atoms with Gasteiger partial charge in [0.05, 0.1) is 11.4 Å². The Kier molecular flexibility index (Phi) is 7.69. The third-order valence-corrected chi connectivity index (χ3v) is 5.33. The Balaban J connectivity index is 1.53. The van der Waals surface area contributed by atoms with Crippen molar-refractivity contribution in [2.24, 2.45) is 0 Å². The molecule has 0 bridgehead atoms. The van der Waals surface area contributed by atoms with Crippen molar-refractivity contribution in [3.63, 3.8) is 0 Å². The number of rotatable bonds is 8. The van der Waals surface area contributed by atoms with E-state index < -0.39 is 23.6 Å². The zero-order valence-electron chi connectivity index (χ0n) is 19.6.